The Morgan fingerprint density at radius 2 is 1.59 bits per heavy atom. The van der Waals surface area contributed by atoms with Crippen LogP contribution in [0.1, 0.15) is 34.5 Å². The smallest absolute Gasteiger partial charge is 0.209 e. The third-order valence-corrected chi connectivity index (χ3v) is 6.04. The highest BCUT2D eigenvalue weighted by atomic mass is 16.5. The first-order valence-electron chi connectivity index (χ1n) is 10.1. The van der Waals surface area contributed by atoms with Crippen LogP contribution < -0.4 is 4.74 Å². The minimum absolute atomic E-state index is 0.0888. The van der Waals surface area contributed by atoms with Crippen molar-refractivity contribution in [3.8, 4) is 5.75 Å². The Hall–Kier alpha value is -3.33. The van der Waals surface area contributed by atoms with E-state index in [1.165, 1.54) is 5.56 Å². The lowest BCUT2D eigenvalue weighted by Gasteiger charge is -2.36. The van der Waals surface area contributed by atoms with Gasteiger partial charge in [-0.3, -0.25) is 4.79 Å². The van der Waals surface area contributed by atoms with E-state index >= 15 is 0 Å². The van der Waals surface area contributed by atoms with E-state index < -0.39 is 0 Å². The van der Waals surface area contributed by atoms with Gasteiger partial charge in [0.05, 0.1) is 18.3 Å². The molecule has 0 saturated heterocycles. The number of rotatable bonds is 4. The van der Waals surface area contributed by atoms with Crippen molar-refractivity contribution >= 4 is 5.78 Å². The number of ketones is 1. The first kappa shape index (κ1) is 17.7. The van der Waals surface area contributed by atoms with Crippen molar-refractivity contribution in [1.29, 1.82) is 0 Å². The predicted octanol–water partition coefficient (Wildman–Crippen LogP) is 5.41. The lowest BCUT2D eigenvalue weighted by atomic mass is 9.88. The van der Waals surface area contributed by atoms with E-state index in [0.29, 0.717) is 13.2 Å². The number of hydrogen-bond donors (Lipinski definition) is 0. The number of benzene rings is 3. The van der Waals surface area contributed by atoms with Crippen LogP contribution in [-0.4, -0.2) is 17.3 Å². The van der Waals surface area contributed by atoms with Crippen molar-refractivity contribution in [2.45, 2.75) is 19.5 Å². The van der Waals surface area contributed by atoms with Crippen molar-refractivity contribution in [1.82, 2.24) is 4.90 Å². The Balaban J connectivity index is 1.62. The van der Waals surface area contributed by atoms with Gasteiger partial charge in [0.1, 0.15) is 5.75 Å². The summed E-state index contributed by atoms with van der Waals surface area (Å²) in [5, 5.41) is 0. The molecule has 3 aromatic rings. The Bertz CT molecular complexity index is 1070. The second-order valence-electron chi connectivity index (χ2n) is 7.74. The number of fused-ring (bicyclic) bond motifs is 3. The molecular weight excluding hydrogens is 358 g/mol. The first-order valence-corrected chi connectivity index (χ1v) is 10.1. The van der Waals surface area contributed by atoms with E-state index in [1.54, 1.807) is 0 Å². The van der Waals surface area contributed by atoms with Gasteiger partial charge in [-0.05, 0) is 24.1 Å². The zero-order chi connectivity index (χ0) is 19.8. The largest absolute Gasteiger partial charge is 0.493 e. The Labute approximate surface area is 171 Å². The molecule has 5 rings (SSSR count). The fraction of sp³-hybridized carbons (Fsp3) is 0.192. The van der Waals surface area contributed by atoms with Gasteiger partial charge in [0, 0.05) is 23.6 Å². The van der Waals surface area contributed by atoms with Crippen molar-refractivity contribution in [2.75, 3.05) is 6.61 Å². The number of allylic oxidation sites excluding steroid dienone is 1. The third kappa shape index (κ3) is 3.03. The van der Waals surface area contributed by atoms with E-state index in [9.17, 15) is 4.79 Å². The third-order valence-electron chi connectivity index (χ3n) is 6.04. The molecule has 3 nitrogen and oxygen atoms in total. The summed E-state index contributed by atoms with van der Waals surface area (Å²) in [6.45, 7) is 3.39. The van der Waals surface area contributed by atoms with Crippen molar-refractivity contribution in [3.63, 3.8) is 0 Å². The van der Waals surface area contributed by atoms with E-state index in [-0.39, 0.29) is 17.7 Å². The molecule has 144 valence electrons. The minimum Gasteiger partial charge on any atom is -0.493 e. The average molecular weight is 381 g/mol. The fourth-order valence-electron chi connectivity index (χ4n) is 4.63. The van der Waals surface area contributed by atoms with Gasteiger partial charge < -0.3 is 9.64 Å². The van der Waals surface area contributed by atoms with Gasteiger partial charge in [-0.1, -0.05) is 78.9 Å². The summed E-state index contributed by atoms with van der Waals surface area (Å²) >= 11 is 0. The summed E-state index contributed by atoms with van der Waals surface area (Å²) in [5.41, 5.74) is 5.02. The van der Waals surface area contributed by atoms with Gasteiger partial charge in [0.15, 0.2) is 0 Å². The maximum Gasteiger partial charge on any atom is 0.209 e. The standard InChI is InChI=1S/C26H23NO2/c1-18-22-17-29-23-15-9-8-14-21(23)25(22)27(16-19-10-4-2-5-11-19)24(18)26(28)20-12-6-3-7-13-20/h2-15,22,25H,16-17H2,1H3/t22-,25-/m1/s1. The molecule has 3 heteroatoms. The molecule has 0 amide bonds. The fourth-order valence-corrected chi connectivity index (χ4v) is 4.63. The van der Waals surface area contributed by atoms with Crippen LogP contribution in [0, 0.1) is 5.92 Å². The van der Waals surface area contributed by atoms with Gasteiger partial charge >= 0.3 is 0 Å². The van der Waals surface area contributed by atoms with Crippen LogP contribution in [0.4, 0.5) is 0 Å². The van der Waals surface area contributed by atoms with Crippen LogP contribution in [0.5, 0.6) is 5.75 Å². The number of carbonyl (C=O) groups is 1. The molecule has 3 aromatic carbocycles. The van der Waals surface area contributed by atoms with Gasteiger partial charge in [-0.25, -0.2) is 0 Å². The molecule has 29 heavy (non-hydrogen) atoms. The molecule has 0 fully saturated rings. The quantitative estimate of drug-likeness (QED) is 0.566. The SMILES string of the molecule is CC1=C(C(=O)c2ccccc2)N(Cc2ccccc2)[C@@H]2c3ccccc3OC[C@H]12. The molecule has 0 radical (unpaired) electrons. The normalized spacial score (nSPS) is 20.1. The van der Waals surface area contributed by atoms with Crippen molar-refractivity contribution < 1.29 is 9.53 Å². The summed E-state index contributed by atoms with van der Waals surface area (Å²) in [5.74, 6) is 1.19. The van der Waals surface area contributed by atoms with Gasteiger partial charge in [-0.15, -0.1) is 0 Å². The van der Waals surface area contributed by atoms with Crippen LogP contribution in [-0.2, 0) is 6.54 Å². The summed E-state index contributed by atoms with van der Waals surface area (Å²) in [6, 6.07) is 28.3. The molecule has 0 saturated carbocycles. The van der Waals surface area contributed by atoms with Gasteiger partial charge in [0.25, 0.3) is 0 Å². The summed E-state index contributed by atoms with van der Waals surface area (Å²) < 4.78 is 6.07. The topological polar surface area (TPSA) is 29.5 Å². The average Bonchev–Trinajstić information content (AvgIpc) is 3.06. The number of Topliss-reactive ketones (excluding diaryl/α,β-unsaturated/α-hetero) is 1. The van der Waals surface area contributed by atoms with E-state index in [0.717, 1.165) is 28.1 Å². The van der Waals surface area contributed by atoms with Crippen LogP contribution >= 0.6 is 0 Å². The lowest BCUT2D eigenvalue weighted by molar-refractivity contribution is 0.0953. The molecule has 2 atom stereocenters. The molecule has 0 spiro atoms. The zero-order valence-electron chi connectivity index (χ0n) is 16.4. The Morgan fingerprint density at radius 3 is 2.34 bits per heavy atom. The number of nitrogens with zero attached hydrogens (tertiary/aromatic N) is 1. The van der Waals surface area contributed by atoms with Crippen molar-refractivity contribution in [3.05, 3.63) is 113 Å². The number of ether oxygens (including phenoxy) is 1. The van der Waals surface area contributed by atoms with Crippen LogP contribution in [0.25, 0.3) is 0 Å². The van der Waals surface area contributed by atoms with Crippen LogP contribution in [0.3, 0.4) is 0 Å². The molecule has 2 aliphatic rings. The molecule has 0 unspecified atom stereocenters. The predicted molar refractivity (Wildman–Crippen MR) is 114 cm³/mol. The molecule has 0 N–H and O–H groups in total. The molecule has 2 aliphatic heterocycles. The highest BCUT2D eigenvalue weighted by molar-refractivity contribution is 6.09. The summed E-state index contributed by atoms with van der Waals surface area (Å²) in [6.07, 6.45) is 0. The highest BCUT2D eigenvalue weighted by Crippen LogP contribution is 2.50. The van der Waals surface area contributed by atoms with Crippen LogP contribution in [0.2, 0.25) is 0 Å². The monoisotopic (exact) mass is 381 g/mol. The maximum absolute atomic E-state index is 13.6. The Kier molecular flexibility index (Phi) is 4.44. The van der Waals surface area contributed by atoms with Gasteiger partial charge in [-0.2, -0.15) is 0 Å². The Morgan fingerprint density at radius 1 is 0.931 bits per heavy atom. The second-order valence-corrected chi connectivity index (χ2v) is 7.74. The summed E-state index contributed by atoms with van der Waals surface area (Å²) in [7, 11) is 0. The zero-order valence-corrected chi connectivity index (χ0v) is 16.4. The molecule has 0 bridgehead atoms. The molecule has 2 heterocycles. The molecular formula is C26H23NO2. The van der Waals surface area contributed by atoms with Gasteiger partial charge in [0.2, 0.25) is 5.78 Å². The van der Waals surface area contributed by atoms with Crippen LogP contribution in [0.15, 0.2) is 96.2 Å². The number of hydrogen-bond acceptors (Lipinski definition) is 3. The van der Waals surface area contributed by atoms with E-state index in [2.05, 4.69) is 48.2 Å². The van der Waals surface area contributed by atoms with Crippen molar-refractivity contribution in [2.24, 2.45) is 5.92 Å². The molecule has 0 aromatic heterocycles. The minimum atomic E-state index is 0.0888. The number of carbonyl (C=O) groups excluding carboxylic acids is 1. The lowest BCUT2D eigenvalue weighted by Crippen LogP contribution is -2.33. The maximum atomic E-state index is 13.6. The molecule has 0 aliphatic carbocycles. The van der Waals surface area contributed by atoms with E-state index in [4.69, 9.17) is 4.74 Å². The number of para-hydroxylation sites is 1. The first-order chi connectivity index (χ1) is 14.2. The summed E-state index contributed by atoms with van der Waals surface area (Å²) in [4.78, 5) is 15.9. The van der Waals surface area contributed by atoms with E-state index in [1.807, 2.05) is 48.5 Å². The second kappa shape index (κ2) is 7.25. The highest BCUT2D eigenvalue weighted by Gasteiger charge is 2.45.